The van der Waals surface area contributed by atoms with Crippen LogP contribution in [0.1, 0.15) is 17.0 Å². The molecular formula is C21H22N4O4. The molecule has 8 nitrogen and oxygen atoms in total. The fourth-order valence-electron chi connectivity index (χ4n) is 3.03. The monoisotopic (exact) mass is 394 g/mol. The zero-order valence-corrected chi connectivity index (χ0v) is 16.5. The number of para-hydroxylation sites is 3. The molecule has 8 heteroatoms. The molecule has 0 atom stereocenters. The second kappa shape index (κ2) is 8.55. The van der Waals surface area contributed by atoms with Gasteiger partial charge in [0.25, 0.3) is 5.91 Å². The molecule has 0 N–H and O–H groups in total. The predicted octanol–water partition coefficient (Wildman–Crippen LogP) is 3.43. The van der Waals surface area contributed by atoms with Crippen molar-refractivity contribution in [2.24, 2.45) is 0 Å². The second-order valence-electron chi connectivity index (χ2n) is 6.66. The summed E-state index contributed by atoms with van der Waals surface area (Å²) in [4.78, 5) is 24.6. The SMILES string of the molecule is Cc1nn(-c2ccccc2)c(C)c1CN(C)C(=O)COc1ccccc1[N+](=O)[O-]. The lowest BCUT2D eigenvalue weighted by Crippen LogP contribution is -2.31. The van der Waals surface area contributed by atoms with Gasteiger partial charge in [0.05, 0.1) is 16.3 Å². The largest absolute Gasteiger partial charge is 0.477 e. The van der Waals surface area contributed by atoms with Gasteiger partial charge < -0.3 is 9.64 Å². The normalized spacial score (nSPS) is 10.6. The van der Waals surface area contributed by atoms with Gasteiger partial charge in [-0.1, -0.05) is 30.3 Å². The van der Waals surface area contributed by atoms with Gasteiger partial charge in [-0.2, -0.15) is 5.10 Å². The van der Waals surface area contributed by atoms with Crippen LogP contribution in [0.4, 0.5) is 5.69 Å². The van der Waals surface area contributed by atoms with Crippen molar-refractivity contribution in [2.75, 3.05) is 13.7 Å². The first kappa shape index (κ1) is 20.1. The first-order chi connectivity index (χ1) is 13.9. The average molecular weight is 394 g/mol. The molecule has 1 aromatic heterocycles. The molecule has 0 saturated heterocycles. The Balaban J connectivity index is 1.69. The number of carbonyl (C=O) groups excluding carboxylic acids is 1. The van der Waals surface area contributed by atoms with E-state index in [1.54, 1.807) is 19.2 Å². The number of aryl methyl sites for hydroxylation is 1. The van der Waals surface area contributed by atoms with Gasteiger partial charge in [0.1, 0.15) is 0 Å². The van der Waals surface area contributed by atoms with Crippen molar-refractivity contribution in [1.82, 2.24) is 14.7 Å². The molecule has 1 heterocycles. The number of ether oxygens (including phenoxy) is 1. The third kappa shape index (κ3) is 4.43. The molecule has 2 aromatic carbocycles. The maximum atomic E-state index is 12.5. The van der Waals surface area contributed by atoms with Crippen molar-refractivity contribution in [3.8, 4) is 11.4 Å². The topological polar surface area (TPSA) is 90.5 Å². The number of amides is 1. The van der Waals surface area contributed by atoms with Gasteiger partial charge in [-0.15, -0.1) is 0 Å². The Hall–Kier alpha value is -3.68. The number of hydrogen-bond donors (Lipinski definition) is 0. The molecule has 0 radical (unpaired) electrons. The van der Waals surface area contributed by atoms with Crippen LogP contribution in [0.3, 0.4) is 0 Å². The summed E-state index contributed by atoms with van der Waals surface area (Å²) in [6.07, 6.45) is 0. The van der Waals surface area contributed by atoms with Gasteiger partial charge in [-0.25, -0.2) is 4.68 Å². The summed E-state index contributed by atoms with van der Waals surface area (Å²) in [5.41, 5.74) is 3.53. The van der Waals surface area contributed by atoms with Crippen LogP contribution >= 0.6 is 0 Å². The number of nitrogens with zero attached hydrogens (tertiary/aromatic N) is 4. The van der Waals surface area contributed by atoms with Crippen LogP contribution in [0.2, 0.25) is 0 Å². The molecular weight excluding hydrogens is 372 g/mol. The Labute approximate surface area is 168 Å². The van der Waals surface area contributed by atoms with Gasteiger partial charge >= 0.3 is 5.69 Å². The maximum absolute atomic E-state index is 12.5. The van der Waals surface area contributed by atoms with E-state index in [1.807, 2.05) is 48.9 Å². The third-order valence-electron chi connectivity index (χ3n) is 4.68. The lowest BCUT2D eigenvalue weighted by atomic mass is 10.2. The van der Waals surface area contributed by atoms with Crippen LogP contribution in [-0.2, 0) is 11.3 Å². The molecule has 1 amide bonds. The number of rotatable bonds is 7. The van der Waals surface area contributed by atoms with Crippen molar-refractivity contribution in [3.63, 3.8) is 0 Å². The number of likely N-dealkylation sites (N-methyl/N-ethyl adjacent to an activating group) is 1. The molecule has 3 rings (SSSR count). The minimum absolute atomic E-state index is 0.0727. The Bertz CT molecular complexity index is 1030. The first-order valence-corrected chi connectivity index (χ1v) is 9.09. The van der Waals surface area contributed by atoms with E-state index >= 15 is 0 Å². The van der Waals surface area contributed by atoms with Crippen LogP contribution in [0.15, 0.2) is 54.6 Å². The summed E-state index contributed by atoms with van der Waals surface area (Å²) in [7, 11) is 1.67. The molecule has 0 aliphatic carbocycles. The zero-order valence-electron chi connectivity index (χ0n) is 16.5. The average Bonchev–Trinajstić information content (AvgIpc) is 3.01. The van der Waals surface area contributed by atoms with Crippen LogP contribution in [0.5, 0.6) is 5.75 Å². The number of aromatic nitrogens is 2. The van der Waals surface area contributed by atoms with Crippen molar-refractivity contribution < 1.29 is 14.5 Å². The standard InChI is InChI=1S/C21H22N4O4/c1-15-18(16(2)24(22-15)17-9-5-4-6-10-17)13-23(3)21(26)14-29-20-12-8-7-11-19(20)25(27)28/h4-12H,13-14H2,1-3H3. The molecule has 150 valence electrons. The minimum Gasteiger partial charge on any atom is -0.477 e. The number of benzene rings is 2. The van der Waals surface area contributed by atoms with E-state index in [1.165, 1.54) is 17.0 Å². The molecule has 0 saturated carbocycles. The molecule has 0 unspecified atom stereocenters. The quantitative estimate of drug-likeness (QED) is 0.452. The van der Waals surface area contributed by atoms with Crippen LogP contribution in [-0.4, -0.2) is 39.2 Å². The number of nitro benzene ring substituents is 1. The highest BCUT2D eigenvalue weighted by Gasteiger charge is 2.19. The minimum atomic E-state index is -0.534. The van der Waals surface area contributed by atoms with E-state index in [-0.39, 0.29) is 24.0 Å². The second-order valence-corrected chi connectivity index (χ2v) is 6.66. The van der Waals surface area contributed by atoms with Gasteiger partial charge in [0.2, 0.25) is 0 Å². The van der Waals surface area contributed by atoms with Crippen LogP contribution in [0, 0.1) is 24.0 Å². The smallest absolute Gasteiger partial charge is 0.310 e. The summed E-state index contributed by atoms with van der Waals surface area (Å²) >= 11 is 0. The third-order valence-corrected chi connectivity index (χ3v) is 4.68. The number of hydrogen-bond acceptors (Lipinski definition) is 5. The van der Waals surface area contributed by atoms with Gasteiger partial charge in [0.15, 0.2) is 12.4 Å². The van der Waals surface area contributed by atoms with E-state index in [0.717, 1.165) is 22.6 Å². The van der Waals surface area contributed by atoms with Crippen molar-refractivity contribution in [1.29, 1.82) is 0 Å². The molecule has 0 spiro atoms. The number of carbonyl (C=O) groups is 1. The molecule has 0 bridgehead atoms. The summed E-state index contributed by atoms with van der Waals surface area (Å²) in [5, 5.41) is 15.6. The molecule has 29 heavy (non-hydrogen) atoms. The molecule has 0 aliphatic heterocycles. The van der Waals surface area contributed by atoms with Crippen molar-refractivity contribution >= 4 is 11.6 Å². The maximum Gasteiger partial charge on any atom is 0.310 e. The van der Waals surface area contributed by atoms with E-state index in [4.69, 9.17) is 4.74 Å². The fourth-order valence-corrected chi connectivity index (χ4v) is 3.03. The van der Waals surface area contributed by atoms with E-state index in [2.05, 4.69) is 5.10 Å². The van der Waals surface area contributed by atoms with Crippen LogP contribution in [0.25, 0.3) is 5.69 Å². The lowest BCUT2D eigenvalue weighted by Gasteiger charge is -2.18. The summed E-state index contributed by atoms with van der Waals surface area (Å²) in [5.74, 6) is -0.210. The van der Waals surface area contributed by atoms with Crippen molar-refractivity contribution in [2.45, 2.75) is 20.4 Å². The molecule has 0 fully saturated rings. The van der Waals surface area contributed by atoms with E-state index in [0.29, 0.717) is 6.54 Å². The fraction of sp³-hybridized carbons (Fsp3) is 0.238. The van der Waals surface area contributed by atoms with E-state index in [9.17, 15) is 14.9 Å². The van der Waals surface area contributed by atoms with Gasteiger partial charge in [-0.3, -0.25) is 14.9 Å². The highest BCUT2D eigenvalue weighted by atomic mass is 16.6. The Kier molecular flexibility index (Phi) is 5.92. The predicted molar refractivity (Wildman–Crippen MR) is 108 cm³/mol. The van der Waals surface area contributed by atoms with Gasteiger partial charge in [0, 0.05) is 30.9 Å². The van der Waals surface area contributed by atoms with Crippen LogP contribution < -0.4 is 4.74 Å². The highest BCUT2D eigenvalue weighted by Crippen LogP contribution is 2.26. The zero-order chi connectivity index (χ0) is 21.0. The molecule has 0 aliphatic rings. The molecule has 3 aromatic rings. The Morgan fingerprint density at radius 2 is 1.79 bits per heavy atom. The summed E-state index contributed by atoms with van der Waals surface area (Å²) in [6, 6.07) is 15.8. The highest BCUT2D eigenvalue weighted by molar-refractivity contribution is 5.77. The van der Waals surface area contributed by atoms with E-state index < -0.39 is 4.92 Å². The van der Waals surface area contributed by atoms with Crippen molar-refractivity contribution in [3.05, 3.63) is 81.7 Å². The summed E-state index contributed by atoms with van der Waals surface area (Å²) in [6.45, 7) is 3.95. The van der Waals surface area contributed by atoms with Gasteiger partial charge in [-0.05, 0) is 32.0 Å². The summed E-state index contributed by atoms with van der Waals surface area (Å²) < 4.78 is 7.25. The Morgan fingerprint density at radius 1 is 1.14 bits per heavy atom. The number of nitro groups is 1. The Morgan fingerprint density at radius 3 is 2.48 bits per heavy atom. The first-order valence-electron chi connectivity index (χ1n) is 9.09. The lowest BCUT2D eigenvalue weighted by molar-refractivity contribution is -0.385.